The van der Waals surface area contributed by atoms with E-state index in [0.29, 0.717) is 18.6 Å². The molecule has 1 N–H and O–H groups in total. The lowest BCUT2D eigenvalue weighted by Gasteiger charge is -2.38. The van der Waals surface area contributed by atoms with Gasteiger partial charge in [-0.2, -0.15) is 0 Å². The van der Waals surface area contributed by atoms with Crippen molar-refractivity contribution in [3.05, 3.63) is 22.5 Å². The van der Waals surface area contributed by atoms with Crippen LogP contribution in [0.3, 0.4) is 0 Å². The van der Waals surface area contributed by atoms with Gasteiger partial charge in [0.05, 0.1) is 16.0 Å². The van der Waals surface area contributed by atoms with Crippen molar-refractivity contribution in [2.75, 3.05) is 6.79 Å². The largest absolute Gasteiger partial charge is 0.481 e. The van der Waals surface area contributed by atoms with Crippen LogP contribution in [0.4, 0.5) is 4.39 Å². The fourth-order valence-corrected chi connectivity index (χ4v) is 2.71. The Hall–Kier alpha value is -1.49. The molecule has 96 valence electrons. The monoisotopic (exact) mass is 272 g/mol. The van der Waals surface area contributed by atoms with E-state index in [1.165, 1.54) is 6.07 Å². The van der Waals surface area contributed by atoms with Crippen LogP contribution in [-0.4, -0.2) is 17.9 Å². The maximum Gasteiger partial charge on any atom is 0.314 e. The summed E-state index contributed by atoms with van der Waals surface area (Å²) in [6.45, 7) is -0.0438. The number of carboxylic acids is 1. The third-order valence-corrected chi connectivity index (χ3v) is 3.93. The molecule has 1 aliphatic carbocycles. The molecule has 0 atom stereocenters. The van der Waals surface area contributed by atoms with Gasteiger partial charge in [0, 0.05) is 6.07 Å². The van der Waals surface area contributed by atoms with E-state index in [1.54, 1.807) is 0 Å². The highest BCUT2D eigenvalue weighted by Gasteiger charge is 2.51. The number of benzene rings is 1. The number of hydrogen-bond donors (Lipinski definition) is 1. The van der Waals surface area contributed by atoms with E-state index >= 15 is 0 Å². The number of carbonyl (C=O) groups is 1. The molecule has 0 spiro atoms. The summed E-state index contributed by atoms with van der Waals surface area (Å²) in [5.74, 6) is -1.28. The Morgan fingerprint density at radius 2 is 2.17 bits per heavy atom. The van der Waals surface area contributed by atoms with Crippen LogP contribution in [-0.2, 0) is 10.2 Å². The van der Waals surface area contributed by atoms with Gasteiger partial charge in [0.1, 0.15) is 5.82 Å². The van der Waals surface area contributed by atoms with Gasteiger partial charge in [-0.15, -0.1) is 0 Å². The fraction of sp³-hybridized carbons (Fsp3) is 0.417. The Labute approximate surface area is 107 Å². The molecule has 0 unspecified atom stereocenters. The van der Waals surface area contributed by atoms with Gasteiger partial charge in [-0.25, -0.2) is 4.39 Å². The molecule has 1 saturated carbocycles. The molecule has 1 heterocycles. The predicted molar refractivity (Wildman–Crippen MR) is 60.7 cm³/mol. The number of halogens is 2. The summed E-state index contributed by atoms with van der Waals surface area (Å²) >= 11 is 5.79. The molecular formula is C12H10ClFO4. The van der Waals surface area contributed by atoms with E-state index in [4.69, 9.17) is 21.1 Å². The SMILES string of the molecule is O=C(O)C1(c2c(F)c(Cl)cc3c2OCO3)CCC1. The minimum atomic E-state index is -1.23. The summed E-state index contributed by atoms with van der Waals surface area (Å²) in [7, 11) is 0. The Kier molecular flexibility index (Phi) is 2.41. The molecule has 0 saturated heterocycles. The van der Waals surface area contributed by atoms with Crippen LogP contribution in [0.25, 0.3) is 0 Å². The summed E-state index contributed by atoms with van der Waals surface area (Å²) in [5.41, 5.74) is -1.20. The van der Waals surface area contributed by atoms with E-state index in [1.807, 2.05) is 0 Å². The van der Waals surface area contributed by atoms with Crippen LogP contribution in [0.1, 0.15) is 24.8 Å². The predicted octanol–water partition coefficient (Wildman–Crippen LogP) is 2.71. The van der Waals surface area contributed by atoms with E-state index in [-0.39, 0.29) is 23.1 Å². The Morgan fingerprint density at radius 3 is 2.72 bits per heavy atom. The molecule has 6 heteroatoms. The summed E-state index contributed by atoms with van der Waals surface area (Å²) in [6.07, 6.45) is 1.51. The zero-order valence-electron chi connectivity index (χ0n) is 9.33. The van der Waals surface area contributed by atoms with Crippen molar-refractivity contribution in [3.63, 3.8) is 0 Å². The molecular weight excluding hydrogens is 263 g/mol. The van der Waals surface area contributed by atoms with Crippen molar-refractivity contribution in [3.8, 4) is 11.5 Å². The van der Waals surface area contributed by atoms with E-state index in [0.717, 1.165) is 6.42 Å². The fourth-order valence-electron chi connectivity index (χ4n) is 2.52. The highest BCUT2D eigenvalue weighted by molar-refractivity contribution is 6.31. The number of ether oxygens (including phenoxy) is 2. The molecule has 0 aromatic heterocycles. The van der Waals surface area contributed by atoms with E-state index < -0.39 is 17.2 Å². The van der Waals surface area contributed by atoms with Crippen LogP contribution in [0, 0.1) is 5.82 Å². The number of rotatable bonds is 2. The molecule has 1 aromatic carbocycles. The zero-order valence-corrected chi connectivity index (χ0v) is 10.1. The lowest BCUT2D eigenvalue weighted by atomic mass is 9.64. The standard InChI is InChI=1S/C12H10ClFO4/c13-6-4-7-10(18-5-17-7)8(9(6)14)12(11(15)16)2-1-3-12/h4H,1-3,5H2,(H,15,16). The highest BCUT2D eigenvalue weighted by Crippen LogP contribution is 2.53. The van der Waals surface area contributed by atoms with Crippen molar-refractivity contribution in [2.24, 2.45) is 0 Å². The van der Waals surface area contributed by atoms with Crippen LogP contribution in [0.2, 0.25) is 5.02 Å². The van der Waals surface area contributed by atoms with Crippen molar-refractivity contribution < 1.29 is 23.8 Å². The van der Waals surface area contributed by atoms with Crippen molar-refractivity contribution in [1.29, 1.82) is 0 Å². The smallest absolute Gasteiger partial charge is 0.314 e. The van der Waals surface area contributed by atoms with Crippen molar-refractivity contribution in [1.82, 2.24) is 0 Å². The van der Waals surface area contributed by atoms with Crippen LogP contribution in [0.15, 0.2) is 6.07 Å². The maximum atomic E-state index is 14.2. The Balaban J connectivity index is 2.25. The van der Waals surface area contributed by atoms with Crippen molar-refractivity contribution >= 4 is 17.6 Å². The average Bonchev–Trinajstić information content (AvgIpc) is 2.68. The third kappa shape index (κ3) is 1.34. The summed E-state index contributed by atoms with van der Waals surface area (Å²) in [5, 5.41) is 9.24. The summed E-state index contributed by atoms with van der Waals surface area (Å²) < 4.78 is 24.6. The topological polar surface area (TPSA) is 55.8 Å². The van der Waals surface area contributed by atoms with Gasteiger partial charge in [-0.05, 0) is 12.8 Å². The van der Waals surface area contributed by atoms with Crippen LogP contribution < -0.4 is 9.47 Å². The number of aliphatic carboxylic acids is 1. The quantitative estimate of drug-likeness (QED) is 0.899. The second-order valence-corrected chi connectivity index (χ2v) is 4.93. The molecule has 4 nitrogen and oxygen atoms in total. The highest BCUT2D eigenvalue weighted by atomic mass is 35.5. The lowest BCUT2D eigenvalue weighted by molar-refractivity contribution is -0.147. The van der Waals surface area contributed by atoms with Gasteiger partial charge in [-0.3, -0.25) is 4.79 Å². The minimum Gasteiger partial charge on any atom is -0.481 e. The normalized spacial score (nSPS) is 19.4. The molecule has 0 amide bonds. The molecule has 18 heavy (non-hydrogen) atoms. The van der Waals surface area contributed by atoms with Gasteiger partial charge in [0.2, 0.25) is 6.79 Å². The molecule has 1 aromatic rings. The Bertz CT molecular complexity index is 539. The van der Waals surface area contributed by atoms with E-state index in [2.05, 4.69) is 0 Å². The van der Waals surface area contributed by atoms with Gasteiger partial charge in [0.15, 0.2) is 11.5 Å². The average molecular weight is 273 g/mol. The molecule has 3 rings (SSSR count). The first-order valence-electron chi connectivity index (χ1n) is 5.58. The first-order valence-corrected chi connectivity index (χ1v) is 5.95. The van der Waals surface area contributed by atoms with Gasteiger partial charge in [0.25, 0.3) is 0 Å². The summed E-state index contributed by atoms with van der Waals surface area (Å²) in [6, 6.07) is 1.32. The minimum absolute atomic E-state index is 0.0289. The number of fused-ring (bicyclic) bond motifs is 1. The Morgan fingerprint density at radius 1 is 1.44 bits per heavy atom. The van der Waals surface area contributed by atoms with Gasteiger partial charge in [-0.1, -0.05) is 18.0 Å². The molecule has 2 aliphatic rings. The van der Waals surface area contributed by atoms with Gasteiger partial charge >= 0.3 is 5.97 Å². The summed E-state index contributed by atoms with van der Waals surface area (Å²) in [4.78, 5) is 11.5. The molecule has 1 aliphatic heterocycles. The van der Waals surface area contributed by atoms with Gasteiger partial charge < -0.3 is 14.6 Å². The molecule has 1 fully saturated rings. The lowest BCUT2D eigenvalue weighted by Crippen LogP contribution is -2.43. The van der Waals surface area contributed by atoms with Crippen molar-refractivity contribution in [2.45, 2.75) is 24.7 Å². The number of carboxylic acid groups (broad SMARTS) is 1. The second kappa shape index (κ2) is 3.75. The van der Waals surface area contributed by atoms with Crippen LogP contribution >= 0.6 is 11.6 Å². The first kappa shape index (κ1) is 11.6. The van der Waals surface area contributed by atoms with E-state index in [9.17, 15) is 14.3 Å². The third-order valence-electron chi connectivity index (χ3n) is 3.65. The second-order valence-electron chi connectivity index (χ2n) is 4.52. The molecule has 0 bridgehead atoms. The number of hydrogen-bond acceptors (Lipinski definition) is 3. The maximum absolute atomic E-state index is 14.2. The van der Waals surface area contributed by atoms with Crippen LogP contribution in [0.5, 0.6) is 11.5 Å². The first-order chi connectivity index (χ1) is 8.56. The zero-order chi connectivity index (χ0) is 12.9. The molecule has 0 radical (unpaired) electrons.